The Morgan fingerprint density at radius 2 is 1.82 bits per heavy atom. The van der Waals surface area contributed by atoms with Crippen LogP contribution >= 0.6 is 23.2 Å². The predicted octanol–water partition coefficient (Wildman–Crippen LogP) is 4.76. The van der Waals surface area contributed by atoms with Crippen molar-refractivity contribution in [1.82, 2.24) is 10.1 Å². The molecule has 0 aliphatic heterocycles. The molecule has 3 aromatic rings. The van der Waals surface area contributed by atoms with Gasteiger partial charge in [-0.05, 0) is 36.4 Å². The third-order valence-electron chi connectivity index (χ3n) is 2.82. The smallest absolute Gasteiger partial charge is 0.258 e. The number of hydrogen-bond donors (Lipinski definition) is 0. The van der Waals surface area contributed by atoms with E-state index in [4.69, 9.17) is 32.5 Å². The summed E-state index contributed by atoms with van der Waals surface area (Å²) in [6, 6.07) is 10.7. The van der Waals surface area contributed by atoms with Crippen LogP contribution in [-0.2, 0) is 6.61 Å². The molecule has 0 amide bonds. The molecule has 0 saturated carbocycles. The van der Waals surface area contributed by atoms with Gasteiger partial charge in [0, 0.05) is 11.6 Å². The Bertz CT molecular complexity index is 790. The van der Waals surface area contributed by atoms with Gasteiger partial charge in [0.25, 0.3) is 5.89 Å². The second-order valence-electron chi connectivity index (χ2n) is 4.39. The highest BCUT2D eigenvalue weighted by atomic mass is 35.5. The Kier molecular flexibility index (Phi) is 4.27. The summed E-state index contributed by atoms with van der Waals surface area (Å²) in [6.45, 7) is 0.114. The van der Waals surface area contributed by atoms with Crippen LogP contribution in [0, 0.1) is 5.82 Å². The minimum absolute atomic E-state index is 0.114. The van der Waals surface area contributed by atoms with Crippen molar-refractivity contribution in [2.45, 2.75) is 6.61 Å². The predicted molar refractivity (Wildman–Crippen MR) is 80.5 cm³/mol. The van der Waals surface area contributed by atoms with Gasteiger partial charge in [-0.25, -0.2) is 4.39 Å². The largest absolute Gasteiger partial charge is 0.485 e. The molecule has 0 spiro atoms. The normalized spacial score (nSPS) is 10.7. The van der Waals surface area contributed by atoms with Crippen LogP contribution in [-0.4, -0.2) is 10.1 Å². The van der Waals surface area contributed by atoms with E-state index < -0.39 is 0 Å². The van der Waals surface area contributed by atoms with Crippen molar-refractivity contribution < 1.29 is 13.7 Å². The molecule has 0 bridgehead atoms. The van der Waals surface area contributed by atoms with Crippen LogP contribution in [0.15, 0.2) is 47.0 Å². The van der Waals surface area contributed by atoms with Crippen LogP contribution in [0.5, 0.6) is 5.75 Å². The minimum atomic E-state index is -0.327. The molecule has 0 aliphatic rings. The van der Waals surface area contributed by atoms with Gasteiger partial charge in [-0.3, -0.25) is 0 Å². The molecule has 7 heteroatoms. The minimum Gasteiger partial charge on any atom is -0.485 e. The molecule has 2 aromatic carbocycles. The number of halogens is 3. The Labute approximate surface area is 135 Å². The molecule has 22 heavy (non-hydrogen) atoms. The molecular formula is C15H9Cl2FN2O2. The van der Waals surface area contributed by atoms with Crippen LogP contribution in [0.2, 0.25) is 10.0 Å². The summed E-state index contributed by atoms with van der Waals surface area (Å²) >= 11 is 11.7. The molecule has 0 N–H and O–H groups in total. The van der Waals surface area contributed by atoms with E-state index in [9.17, 15) is 4.39 Å². The third-order valence-corrected chi connectivity index (χ3v) is 3.56. The first-order valence-electron chi connectivity index (χ1n) is 6.28. The Hall–Kier alpha value is -2.11. The van der Waals surface area contributed by atoms with E-state index in [1.165, 1.54) is 12.1 Å². The quantitative estimate of drug-likeness (QED) is 0.687. The molecule has 0 fully saturated rings. The van der Waals surface area contributed by atoms with Crippen LogP contribution in [0.4, 0.5) is 4.39 Å². The Morgan fingerprint density at radius 1 is 1.05 bits per heavy atom. The molecule has 0 atom stereocenters. The number of rotatable bonds is 4. The average Bonchev–Trinajstić information content (AvgIpc) is 2.98. The Balaban J connectivity index is 1.69. The summed E-state index contributed by atoms with van der Waals surface area (Å²) in [5.41, 5.74) is 0.634. The first-order chi connectivity index (χ1) is 10.6. The lowest BCUT2D eigenvalue weighted by molar-refractivity contribution is 0.287. The molecule has 3 rings (SSSR count). The first kappa shape index (κ1) is 14.8. The van der Waals surface area contributed by atoms with Crippen molar-refractivity contribution in [1.29, 1.82) is 0 Å². The fraction of sp³-hybridized carbons (Fsp3) is 0.0667. The highest BCUT2D eigenvalue weighted by Gasteiger charge is 2.10. The summed E-state index contributed by atoms with van der Waals surface area (Å²) in [6.07, 6.45) is 0. The monoisotopic (exact) mass is 338 g/mol. The maximum atomic E-state index is 12.9. The van der Waals surface area contributed by atoms with Crippen molar-refractivity contribution in [2.24, 2.45) is 0 Å². The van der Waals surface area contributed by atoms with E-state index in [2.05, 4.69) is 10.1 Å². The molecule has 0 unspecified atom stereocenters. The highest BCUT2D eigenvalue weighted by Crippen LogP contribution is 2.26. The van der Waals surface area contributed by atoms with Crippen LogP contribution < -0.4 is 4.74 Å². The van der Waals surface area contributed by atoms with Crippen molar-refractivity contribution in [3.8, 4) is 17.2 Å². The molecule has 0 aliphatic carbocycles. The highest BCUT2D eigenvalue weighted by molar-refractivity contribution is 6.42. The van der Waals surface area contributed by atoms with Crippen LogP contribution in [0.3, 0.4) is 0 Å². The number of benzene rings is 2. The fourth-order valence-corrected chi connectivity index (χ4v) is 2.02. The summed E-state index contributed by atoms with van der Waals surface area (Å²) in [7, 11) is 0. The van der Waals surface area contributed by atoms with Crippen LogP contribution in [0.1, 0.15) is 5.82 Å². The number of hydrogen-bond acceptors (Lipinski definition) is 4. The van der Waals surface area contributed by atoms with Crippen molar-refractivity contribution in [3.63, 3.8) is 0 Å². The maximum Gasteiger partial charge on any atom is 0.258 e. The number of aromatic nitrogens is 2. The first-order valence-corrected chi connectivity index (χ1v) is 7.04. The topological polar surface area (TPSA) is 48.2 Å². The summed E-state index contributed by atoms with van der Waals surface area (Å²) in [4.78, 5) is 4.18. The number of nitrogens with zero attached hydrogens (tertiary/aromatic N) is 2. The van der Waals surface area contributed by atoms with Gasteiger partial charge in [0.2, 0.25) is 5.82 Å². The standard InChI is InChI=1S/C15H9Cl2FN2O2/c16-12-6-5-11(7-13(12)17)21-8-14-19-15(22-20-14)9-1-3-10(18)4-2-9/h1-7H,8H2. The van der Waals surface area contributed by atoms with E-state index in [1.54, 1.807) is 30.3 Å². The van der Waals surface area contributed by atoms with Gasteiger partial charge in [-0.1, -0.05) is 28.4 Å². The molecule has 112 valence electrons. The van der Waals surface area contributed by atoms with Gasteiger partial charge in [0.1, 0.15) is 11.6 Å². The van der Waals surface area contributed by atoms with Crippen molar-refractivity contribution in [2.75, 3.05) is 0 Å². The molecule has 0 radical (unpaired) electrons. The van der Waals surface area contributed by atoms with Gasteiger partial charge in [-0.15, -0.1) is 0 Å². The van der Waals surface area contributed by atoms with E-state index in [0.717, 1.165) is 0 Å². The SMILES string of the molecule is Fc1ccc(-c2nc(COc3ccc(Cl)c(Cl)c3)no2)cc1. The average molecular weight is 339 g/mol. The summed E-state index contributed by atoms with van der Waals surface area (Å²) < 4.78 is 23.5. The zero-order valence-corrected chi connectivity index (χ0v) is 12.6. The van der Waals surface area contributed by atoms with Gasteiger partial charge in [0.15, 0.2) is 6.61 Å². The van der Waals surface area contributed by atoms with Gasteiger partial charge < -0.3 is 9.26 Å². The second-order valence-corrected chi connectivity index (χ2v) is 5.20. The molecule has 1 aromatic heterocycles. The van der Waals surface area contributed by atoms with Crippen LogP contribution in [0.25, 0.3) is 11.5 Å². The lowest BCUT2D eigenvalue weighted by atomic mass is 10.2. The third kappa shape index (κ3) is 3.37. The van der Waals surface area contributed by atoms with Crippen molar-refractivity contribution in [3.05, 3.63) is 64.2 Å². The Morgan fingerprint density at radius 3 is 2.55 bits per heavy atom. The van der Waals surface area contributed by atoms with Gasteiger partial charge in [0.05, 0.1) is 10.0 Å². The zero-order valence-electron chi connectivity index (χ0n) is 11.1. The van der Waals surface area contributed by atoms with E-state index in [-0.39, 0.29) is 12.4 Å². The molecule has 0 saturated heterocycles. The van der Waals surface area contributed by atoms with E-state index >= 15 is 0 Å². The van der Waals surface area contributed by atoms with E-state index in [1.807, 2.05) is 0 Å². The van der Waals surface area contributed by atoms with Gasteiger partial charge in [-0.2, -0.15) is 4.98 Å². The fourth-order valence-electron chi connectivity index (χ4n) is 1.74. The van der Waals surface area contributed by atoms with Crippen molar-refractivity contribution >= 4 is 23.2 Å². The van der Waals surface area contributed by atoms with E-state index in [0.29, 0.717) is 33.1 Å². The second kappa shape index (κ2) is 6.34. The molecular weight excluding hydrogens is 330 g/mol. The lowest BCUT2D eigenvalue weighted by Crippen LogP contribution is -1.97. The number of ether oxygens (including phenoxy) is 1. The van der Waals surface area contributed by atoms with Gasteiger partial charge >= 0.3 is 0 Å². The summed E-state index contributed by atoms with van der Waals surface area (Å²) in [5.74, 6) is 0.882. The summed E-state index contributed by atoms with van der Waals surface area (Å²) in [5, 5.41) is 4.66. The maximum absolute atomic E-state index is 12.9. The zero-order chi connectivity index (χ0) is 15.5. The molecule has 1 heterocycles. The molecule has 4 nitrogen and oxygen atoms in total. The lowest BCUT2D eigenvalue weighted by Gasteiger charge is -2.04.